The number of aliphatic carboxylic acids is 1. The molecule has 0 bridgehead atoms. The highest BCUT2D eigenvalue weighted by atomic mass is 16.6. The molecule has 0 aliphatic heterocycles. The van der Waals surface area contributed by atoms with Gasteiger partial charge in [0.15, 0.2) is 0 Å². The number of Topliss-reactive ketones (excluding diaryl/α,β-unsaturated/α-hetero) is 1. The van der Waals surface area contributed by atoms with Crippen molar-refractivity contribution < 1.29 is 24.5 Å². The van der Waals surface area contributed by atoms with Gasteiger partial charge in [-0.25, -0.2) is 4.79 Å². The number of nitro benzene ring substituents is 1. The molecule has 0 saturated carbocycles. The molecule has 1 aromatic carbocycles. The van der Waals surface area contributed by atoms with E-state index in [0.717, 1.165) is 30.7 Å². The topological polar surface area (TPSA) is 141 Å². The van der Waals surface area contributed by atoms with Crippen LogP contribution in [-0.2, 0) is 15.1 Å². The smallest absolute Gasteiger partial charge is 0.380 e. The van der Waals surface area contributed by atoms with E-state index in [-0.39, 0.29) is 24.1 Å². The average Bonchev–Trinajstić information content (AvgIpc) is 2.51. The van der Waals surface area contributed by atoms with Gasteiger partial charge < -0.3 is 5.11 Å². The van der Waals surface area contributed by atoms with E-state index in [1.807, 2.05) is 6.92 Å². The molecule has 1 unspecified atom stereocenters. The molecule has 0 heterocycles. The van der Waals surface area contributed by atoms with Gasteiger partial charge in [-0.3, -0.25) is 25.0 Å². The van der Waals surface area contributed by atoms with Crippen molar-refractivity contribution in [2.75, 3.05) is 0 Å². The predicted molar refractivity (Wildman–Crippen MR) is 78.6 cm³/mol. The molecule has 23 heavy (non-hydrogen) atoms. The monoisotopic (exact) mass is 324 g/mol. The molecular weight excluding hydrogens is 308 g/mol. The molecule has 0 aromatic heterocycles. The van der Waals surface area contributed by atoms with E-state index < -0.39 is 27.1 Å². The largest absolute Gasteiger partial charge is 0.475 e. The van der Waals surface area contributed by atoms with Gasteiger partial charge in [-0.1, -0.05) is 19.8 Å². The van der Waals surface area contributed by atoms with Crippen molar-refractivity contribution in [3.8, 4) is 0 Å². The van der Waals surface area contributed by atoms with Gasteiger partial charge in [0.25, 0.3) is 5.69 Å². The molecule has 0 saturated heterocycles. The summed E-state index contributed by atoms with van der Waals surface area (Å²) in [6, 6.07) is 4.16. The van der Waals surface area contributed by atoms with Crippen LogP contribution in [0.3, 0.4) is 0 Å². The number of carboxylic acids is 1. The highest BCUT2D eigenvalue weighted by Gasteiger charge is 2.55. The second-order valence-corrected chi connectivity index (χ2v) is 5.01. The van der Waals surface area contributed by atoms with Gasteiger partial charge in [0.1, 0.15) is 0 Å². The number of carbonyl (C=O) groups is 2. The highest BCUT2D eigenvalue weighted by Crippen LogP contribution is 2.33. The number of ketones is 1. The summed E-state index contributed by atoms with van der Waals surface area (Å²) in [4.78, 5) is 43.7. The van der Waals surface area contributed by atoms with Crippen molar-refractivity contribution in [1.82, 2.24) is 0 Å². The number of carbonyl (C=O) groups excluding carboxylic acids is 1. The van der Waals surface area contributed by atoms with Gasteiger partial charge in [0.2, 0.25) is 0 Å². The number of nitrogens with zero attached hydrogens (tertiary/aromatic N) is 2. The zero-order chi connectivity index (χ0) is 17.6. The number of carboxylic acid groups (broad SMARTS) is 1. The molecule has 0 aliphatic rings. The Kier molecular flexibility index (Phi) is 5.88. The van der Waals surface area contributed by atoms with Crippen molar-refractivity contribution >= 4 is 17.4 Å². The van der Waals surface area contributed by atoms with Crippen LogP contribution in [0.25, 0.3) is 0 Å². The first-order chi connectivity index (χ1) is 10.8. The molecule has 124 valence electrons. The summed E-state index contributed by atoms with van der Waals surface area (Å²) in [5.74, 6) is -3.45. The minimum absolute atomic E-state index is 0.170. The van der Waals surface area contributed by atoms with Crippen LogP contribution < -0.4 is 0 Å². The standard InChI is InChI=1S/C14H16N2O7/c1-2-3-4-9-14(16(22)23,12(17)13(18)19)10-5-7-11(8-6-10)15(20)21/h5-8H,2-4,9H2,1H3,(H,18,19). The molecule has 9 heteroatoms. The van der Waals surface area contributed by atoms with Crippen molar-refractivity contribution in [3.05, 3.63) is 50.1 Å². The molecule has 0 fully saturated rings. The third-order valence-corrected chi connectivity index (χ3v) is 3.58. The second-order valence-electron chi connectivity index (χ2n) is 5.01. The number of hydrogen-bond acceptors (Lipinski definition) is 6. The molecule has 1 aromatic rings. The van der Waals surface area contributed by atoms with Gasteiger partial charge in [0.05, 0.1) is 4.92 Å². The Labute approximate surface area is 131 Å². The first-order valence-corrected chi connectivity index (χ1v) is 6.94. The molecule has 9 nitrogen and oxygen atoms in total. The fourth-order valence-corrected chi connectivity index (χ4v) is 2.34. The highest BCUT2D eigenvalue weighted by molar-refractivity contribution is 6.35. The van der Waals surface area contributed by atoms with Crippen LogP contribution in [0.4, 0.5) is 5.69 Å². The Morgan fingerprint density at radius 3 is 2.09 bits per heavy atom. The maximum atomic E-state index is 12.0. The normalized spacial score (nSPS) is 13.1. The number of benzene rings is 1. The Morgan fingerprint density at radius 1 is 1.13 bits per heavy atom. The Hall–Kier alpha value is -2.84. The molecule has 1 atom stereocenters. The minimum atomic E-state index is -2.43. The van der Waals surface area contributed by atoms with Crippen molar-refractivity contribution in [1.29, 1.82) is 0 Å². The maximum absolute atomic E-state index is 12.0. The lowest BCUT2D eigenvalue weighted by Gasteiger charge is -2.22. The average molecular weight is 324 g/mol. The van der Waals surface area contributed by atoms with E-state index in [2.05, 4.69) is 0 Å². The SMILES string of the molecule is CCCCCC(C(=O)C(=O)O)(c1ccc([N+](=O)[O-])cc1)[N+](=O)[O-]. The van der Waals surface area contributed by atoms with Crippen molar-refractivity contribution in [2.24, 2.45) is 0 Å². The summed E-state index contributed by atoms with van der Waals surface area (Å²) in [5, 5.41) is 31.2. The van der Waals surface area contributed by atoms with Crippen LogP contribution in [0.1, 0.15) is 38.2 Å². The van der Waals surface area contributed by atoms with Crippen LogP contribution in [-0.4, -0.2) is 26.7 Å². The van der Waals surface area contributed by atoms with Gasteiger partial charge >= 0.3 is 17.3 Å². The van der Waals surface area contributed by atoms with Crippen LogP contribution in [0, 0.1) is 20.2 Å². The molecule has 0 radical (unpaired) electrons. The lowest BCUT2D eigenvalue weighted by molar-refractivity contribution is -0.561. The Bertz CT molecular complexity index is 627. The quantitative estimate of drug-likeness (QED) is 0.318. The summed E-state index contributed by atoms with van der Waals surface area (Å²) in [6.07, 6.45) is 1.33. The fraction of sp³-hybridized carbons (Fsp3) is 0.429. The number of non-ortho nitro benzene ring substituents is 1. The van der Waals surface area contributed by atoms with Gasteiger partial charge in [-0.2, -0.15) is 0 Å². The van der Waals surface area contributed by atoms with Gasteiger partial charge in [-0.15, -0.1) is 0 Å². The Morgan fingerprint density at radius 2 is 1.70 bits per heavy atom. The van der Waals surface area contributed by atoms with E-state index in [4.69, 9.17) is 5.11 Å². The summed E-state index contributed by atoms with van der Waals surface area (Å²) in [7, 11) is 0. The zero-order valence-electron chi connectivity index (χ0n) is 12.4. The molecule has 1 N–H and O–H groups in total. The van der Waals surface area contributed by atoms with Crippen LogP contribution in [0.2, 0.25) is 0 Å². The summed E-state index contributed by atoms with van der Waals surface area (Å²) in [5.41, 5.74) is -2.91. The van der Waals surface area contributed by atoms with E-state index in [0.29, 0.717) is 6.42 Å². The van der Waals surface area contributed by atoms with Gasteiger partial charge in [-0.05, 0) is 18.6 Å². The lowest BCUT2D eigenvalue weighted by Crippen LogP contribution is -2.47. The third-order valence-electron chi connectivity index (χ3n) is 3.58. The Balaban J connectivity index is 3.40. The molecule has 0 spiro atoms. The first-order valence-electron chi connectivity index (χ1n) is 6.94. The fourth-order valence-electron chi connectivity index (χ4n) is 2.34. The van der Waals surface area contributed by atoms with Crippen LogP contribution >= 0.6 is 0 Å². The second kappa shape index (κ2) is 7.43. The molecule has 0 amide bonds. The van der Waals surface area contributed by atoms with Crippen molar-refractivity contribution in [3.63, 3.8) is 0 Å². The third kappa shape index (κ3) is 3.68. The number of rotatable bonds is 9. The summed E-state index contributed by atoms with van der Waals surface area (Å²) in [6.45, 7) is 1.86. The van der Waals surface area contributed by atoms with E-state index >= 15 is 0 Å². The maximum Gasteiger partial charge on any atom is 0.380 e. The van der Waals surface area contributed by atoms with Crippen LogP contribution in [0.15, 0.2) is 24.3 Å². The van der Waals surface area contributed by atoms with E-state index in [1.54, 1.807) is 0 Å². The predicted octanol–water partition coefficient (Wildman–Crippen LogP) is 2.30. The number of unbranched alkanes of at least 4 members (excludes halogenated alkanes) is 2. The number of hydrogen-bond donors (Lipinski definition) is 1. The molecular formula is C14H16N2O7. The zero-order valence-corrected chi connectivity index (χ0v) is 12.4. The van der Waals surface area contributed by atoms with E-state index in [9.17, 15) is 29.8 Å². The molecule has 1 rings (SSSR count). The molecule has 0 aliphatic carbocycles. The first kappa shape index (κ1) is 18.2. The van der Waals surface area contributed by atoms with E-state index in [1.165, 1.54) is 0 Å². The van der Waals surface area contributed by atoms with Crippen LogP contribution in [0.5, 0.6) is 0 Å². The van der Waals surface area contributed by atoms with Crippen molar-refractivity contribution in [2.45, 2.75) is 38.1 Å². The summed E-state index contributed by atoms with van der Waals surface area (Å²) < 4.78 is 0. The lowest BCUT2D eigenvalue weighted by atomic mass is 9.81. The number of nitro groups is 2. The van der Waals surface area contributed by atoms with Gasteiger partial charge in [0, 0.05) is 29.0 Å². The summed E-state index contributed by atoms with van der Waals surface area (Å²) >= 11 is 0. The minimum Gasteiger partial charge on any atom is -0.475 e.